The highest BCUT2D eigenvalue weighted by Crippen LogP contribution is 2.76. The van der Waals surface area contributed by atoms with E-state index >= 15 is 0 Å². The van der Waals surface area contributed by atoms with Crippen molar-refractivity contribution in [1.82, 2.24) is 5.32 Å². The van der Waals surface area contributed by atoms with Gasteiger partial charge in [-0.05, 0) is 78.2 Å². The Labute approximate surface area is 208 Å². The van der Waals surface area contributed by atoms with Gasteiger partial charge in [-0.2, -0.15) is 0 Å². The fraction of sp³-hybridized carbons (Fsp3) is 0.679. The quantitative estimate of drug-likeness (QED) is 0.395. The maximum absolute atomic E-state index is 14.9. The first-order valence-corrected chi connectivity index (χ1v) is 12.5. The van der Waals surface area contributed by atoms with Gasteiger partial charge in [0.1, 0.15) is 16.9 Å². The molecule has 3 aliphatic rings. The number of nitrogens with one attached hydrogen (secondary N) is 1. The molecule has 0 spiro atoms. The van der Waals surface area contributed by atoms with Gasteiger partial charge in [-0.15, -0.1) is 0 Å². The number of esters is 2. The van der Waals surface area contributed by atoms with Gasteiger partial charge in [-0.1, -0.05) is 31.2 Å². The number of hydrogen-bond acceptors (Lipinski definition) is 5. The van der Waals surface area contributed by atoms with E-state index in [1.165, 1.54) is 19.1 Å². The summed E-state index contributed by atoms with van der Waals surface area (Å²) in [6.45, 7) is 14.6. The molecule has 2 saturated carbocycles. The number of hydrogen-bond donors (Lipinski definition) is 1. The SMILES string of the molecule is CC1C=CC=C(/C=C/C(=O)NCCC(C(=O)OC(C)(C)C)C2C3C(C(=O)OC(C)(C)C)[C@@H]23)C1(C)F. The molecular weight excluding hydrogens is 449 g/mol. The Morgan fingerprint density at radius 3 is 2.29 bits per heavy atom. The van der Waals surface area contributed by atoms with Crippen LogP contribution >= 0.6 is 0 Å². The zero-order valence-electron chi connectivity index (χ0n) is 22.2. The number of rotatable bonds is 8. The molecule has 0 radical (unpaired) electrons. The average molecular weight is 490 g/mol. The molecule has 2 fully saturated rings. The third-order valence-electron chi connectivity index (χ3n) is 7.00. The van der Waals surface area contributed by atoms with Gasteiger partial charge in [-0.3, -0.25) is 14.4 Å². The molecule has 6 nitrogen and oxygen atoms in total. The average Bonchev–Trinajstić information content (AvgIpc) is 3.57. The number of carbonyl (C=O) groups is 3. The van der Waals surface area contributed by atoms with E-state index in [1.54, 1.807) is 25.2 Å². The third kappa shape index (κ3) is 6.62. The van der Waals surface area contributed by atoms with Crippen molar-refractivity contribution < 1.29 is 28.2 Å². The van der Waals surface area contributed by atoms with Crippen molar-refractivity contribution in [2.45, 2.75) is 78.7 Å². The summed E-state index contributed by atoms with van der Waals surface area (Å²) < 4.78 is 26.0. The van der Waals surface area contributed by atoms with E-state index in [4.69, 9.17) is 9.47 Å². The van der Waals surface area contributed by atoms with Gasteiger partial charge < -0.3 is 14.8 Å². The van der Waals surface area contributed by atoms with Crippen molar-refractivity contribution in [3.63, 3.8) is 0 Å². The summed E-state index contributed by atoms with van der Waals surface area (Å²) in [4.78, 5) is 37.6. The Hall–Kier alpha value is -2.44. The summed E-state index contributed by atoms with van der Waals surface area (Å²) >= 11 is 0. The zero-order valence-corrected chi connectivity index (χ0v) is 22.2. The van der Waals surface area contributed by atoms with Crippen LogP contribution in [0.25, 0.3) is 0 Å². The maximum Gasteiger partial charge on any atom is 0.310 e. The molecule has 3 rings (SSSR count). The molecule has 7 heteroatoms. The van der Waals surface area contributed by atoms with Crippen LogP contribution in [0, 0.1) is 35.5 Å². The number of halogens is 1. The van der Waals surface area contributed by atoms with E-state index in [-0.39, 0.29) is 54.0 Å². The van der Waals surface area contributed by atoms with Crippen LogP contribution in [-0.4, -0.2) is 41.3 Å². The summed E-state index contributed by atoms with van der Waals surface area (Å²) in [5.74, 6) is -1.30. The fourth-order valence-corrected chi connectivity index (χ4v) is 4.87. The minimum atomic E-state index is -1.54. The van der Waals surface area contributed by atoms with Crippen molar-refractivity contribution in [3.8, 4) is 0 Å². The van der Waals surface area contributed by atoms with E-state index in [0.29, 0.717) is 12.0 Å². The van der Waals surface area contributed by atoms with Gasteiger partial charge in [0.05, 0.1) is 11.8 Å². The molecule has 0 aromatic carbocycles. The van der Waals surface area contributed by atoms with Crippen LogP contribution in [0.3, 0.4) is 0 Å². The zero-order chi connectivity index (χ0) is 26.3. The highest BCUT2D eigenvalue weighted by molar-refractivity contribution is 5.88. The lowest BCUT2D eigenvalue weighted by atomic mass is 9.81. The Morgan fingerprint density at radius 1 is 1.11 bits per heavy atom. The van der Waals surface area contributed by atoms with Crippen LogP contribution in [0.15, 0.2) is 36.0 Å². The first-order chi connectivity index (χ1) is 16.0. The van der Waals surface area contributed by atoms with Crippen LogP contribution < -0.4 is 5.32 Å². The van der Waals surface area contributed by atoms with E-state index in [2.05, 4.69) is 5.32 Å². The van der Waals surface area contributed by atoms with Crippen molar-refractivity contribution in [2.24, 2.45) is 35.5 Å². The number of fused-ring (bicyclic) bond motifs is 1. The van der Waals surface area contributed by atoms with Crippen LogP contribution in [0.5, 0.6) is 0 Å². The molecule has 0 saturated heterocycles. The molecule has 194 valence electrons. The van der Waals surface area contributed by atoms with E-state index < -0.39 is 22.8 Å². The number of amides is 1. The standard InChI is InChI=1S/C28H40FNO5/c1-16-10-9-11-17(28(16,8)29)12-13-19(31)30-15-14-18(24(32)34-26(2,3)4)20-21-22(20)23(21)25(33)35-27(5,6)7/h9-13,16,18,20-23H,14-15H2,1-8H3,(H,30,31)/b13-12+/t16?,18?,20?,21-,22?,23?,28?/m0/s1. The van der Waals surface area contributed by atoms with Gasteiger partial charge >= 0.3 is 11.9 Å². The van der Waals surface area contributed by atoms with Crippen LogP contribution in [0.2, 0.25) is 0 Å². The number of carbonyl (C=O) groups excluding carboxylic acids is 3. The molecule has 7 atom stereocenters. The fourth-order valence-electron chi connectivity index (χ4n) is 4.87. The predicted octanol–water partition coefficient (Wildman–Crippen LogP) is 4.70. The lowest BCUT2D eigenvalue weighted by molar-refractivity contribution is -0.165. The molecule has 6 unspecified atom stereocenters. The minimum absolute atomic E-state index is 0.0720. The summed E-state index contributed by atoms with van der Waals surface area (Å²) in [5, 5.41) is 2.79. The summed E-state index contributed by atoms with van der Waals surface area (Å²) in [6, 6.07) is 0. The molecule has 0 aromatic rings. The van der Waals surface area contributed by atoms with Crippen LogP contribution in [0.4, 0.5) is 4.39 Å². The van der Waals surface area contributed by atoms with Crippen LogP contribution in [0.1, 0.15) is 61.8 Å². The lowest BCUT2D eigenvalue weighted by Gasteiger charge is -2.29. The van der Waals surface area contributed by atoms with Gasteiger partial charge in [0.25, 0.3) is 0 Å². The molecule has 0 aromatic heterocycles. The second kappa shape index (κ2) is 9.55. The molecule has 1 amide bonds. The van der Waals surface area contributed by atoms with Gasteiger partial charge in [0.2, 0.25) is 5.91 Å². The molecule has 3 aliphatic carbocycles. The van der Waals surface area contributed by atoms with Crippen molar-refractivity contribution >= 4 is 17.8 Å². The Balaban J connectivity index is 1.54. The molecule has 0 heterocycles. The first-order valence-electron chi connectivity index (χ1n) is 12.5. The highest BCUT2D eigenvalue weighted by Gasteiger charge is 2.79. The molecule has 0 aliphatic heterocycles. The smallest absolute Gasteiger partial charge is 0.310 e. The normalized spacial score (nSPS) is 32.4. The van der Waals surface area contributed by atoms with Crippen LogP contribution in [-0.2, 0) is 23.9 Å². The first kappa shape index (κ1) is 27.2. The largest absolute Gasteiger partial charge is 0.460 e. The van der Waals surface area contributed by atoms with E-state index in [9.17, 15) is 18.8 Å². The third-order valence-corrected chi connectivity index (χ3v) is 7.00. The van der Waals surface area contributed by atoms with Crippen molar-refractivity contribution in [1.29, 1.82) is 0 Å². The Bertz CT molecular complexity index is 939. The Kier molecular flexibility index (Phi) is 7.41. The second-order valence-electron chi connectivity index (χ2n) is 12.2. The van der Waals surface area contributed by atoms with Gasteiger partial charge in [-0.25, -0.2) is 4.39 Å². The maximum atomic E-state index is 14.9. The monoisotopic (exact) mass is 489 g/mol. The molecule has 35 heavy (non-hydrogen) atoms. The highest BCUT2D eigenvalue weighted by atomic mass is 19.1. The summed E-state index contributed by atoms with van der Waals surface area (Å²) in [5.41, 5.74) is -2.25. The van der Waals surface area contributed by atoms with Crippen molar-refractivity contribution in [3.05, 3.63) is 36.0 Å². The number of allylic oxidation sites excluding steroid dienone is 5. The Morgan fingerprint density at radius 2 is 1.71 bits per heavy atom. The number of alkyl halides is 1. The van der Waals surface area contributed by atoms with Gasteiger partial charge in [0, 0.05) is 18.5 Å². The topological polar surface area (TPSA) is 81.7 Å². The summed E-state index contributed by atoms with van der Waals surface area (Å²) in [6.07, 6.45) is 8.50. The summed E-state index contributed by atoms with van der Waals surface area (Å²) in [7, 11) is 0. The van der Waals surface area contributed by atoms with E-state index in [0.717, 1.165) is 0 Å². The number of ether oxygens (including phenoxy) is 2. The lowest BCUT2D eigenvalue weighted by Crippen LogP contribution is -2.36. The van der Waals surface area contributed by atoms with E-state index in [1.807, 2.05) is 41.5 Å². The van der Waals surface area contributed by atoms with Gasteiger partial charge in [0.15, 0.2) is 0 Å². The molecule has 0 bridgehead atoms. The van der Waals surface area contributed by atoms with Crippen molar-refractivity contribution in [2.75, 3.05) is 6.54 Å². The minimum Gasteiger partial charge on any atom is -0.460 e. The molecular formula is C28H40FNO5. The predicted molar refractivity (Wildman–Crippen MR) is 132 cm³/mol. The second-order valence-corrected chi connectivity index (χ2v) is 12.2. The molecule has 1 N–H and O–H groups in total.